The molecule has 1 aliphatic rings. The summed E-state index contributed by atoms with van der Waals surface area (Å²) in [4.78, 5) is 12.5. The Kier molecular flexibility index (Phi) is 6.30. The quantitative estimate of drug-likeness (QED) is 0.544. The number of hydrazine groups is 1. The van der Waals surface area contributed by atoms with Gasteiger partial charge in [-0.3, -0.25) is 4.79 Å². The van der Waals surface area contributed by atoms with Gasteiger partial charge in [0, 0.05) is 12.6 Å². The molecule has 0 radical (unpaired) electrons. The lowest BCUT2D eigenvalue weighted by Crippen LogP contribution is -2.42. The normalized spacial score (nSPS) is 19.4. The molecule has 150 valence electrons. The molecule has 2 atom stereocenters. The van der Waals surface area contributed by atoms with Crippen molar-refractivity contribution in [2.24, 2.45) is 0 Å². The van der Waals surface area contributed by atoms with Crippen molar-refractivity contribution in [1.29, 1.82) is 0 Å². The Morgan fingerprint density at radius 1 is 1.18 bits per heavy atom. The number of nitrogens with one attached hydrogen (secondary N) is 4. The minimum atomic E-state index is -3.66. The molecule has 1 amide bonds. The standard InChI is InChI=1S/C19H24N4O4S/c1-20-28(25,26)18-10-14(8-9-17(18)27-2)15-11-16(23-22-15)19(24)21-12-13-6-4-3-5-7-13/h3-10,15-16,20,22-23H,11-12H2,1-2H3,(H,21,24). The van der Waals surface area contributed by atoms with E-state index in [0.29, 0.717) is 13.0 Å². The van der Waals surface area contributed by atoms with Crippen molar-refractivity contribution in [3.63, 3.8) is 0 Å². The Morgan fingerprint density at radius 3 is 2.61 bits per heavy atom. The number of amides is 1. The van der Waals surface area contributed by atoms with Crippen LogP contribution in [-0.4, -0.2) is 34.5 Å². The molecule has 1 aliphatic heterocycles. The van der Waals surface area contributed by atoms with Crippen LogP contribution < -0.4 is 25.6 Å². The molecule has 0 saturated carbocycles. The van der Waals surface area contributed by atoms with E-state index in [1.165, 1.54) is 14.2 Å². The molecule has 8 nitrogen and oxygen atoms in total. The summed E-state index contributed by atoms with van der Waals surface area (Å²) in [6.45, 7) is 0.454. The average Bonchev–Trinajstić information content (AvgIpc) is 3.22. The number of hydrogen-bond acceptors (Lipinski definition) is 6. The summed E-state index contributed by atoms with van der Waals surface area (Å²) in [7, 11) is -0.891. The maximum Gasteiger partial charge on any atom is 0.244 e. The van der Waals surface area contributed by atoms with Crippen LogP contribution in [-0.2, 0) is 21.4 Å². The van der Waals surface area contributed by atoms with Crippen LogP contribution in [0.4, 0.5) is 0 Å². The predicted octanol–water partition coefficient (Wildman–Crippen LogP) is 0.827. The van der Waals surface area contributed by atoms with Crippen LogP contribution in [0, 0.1) is 0 Å². The Bertz CT molecular complexity index is 934. The first kappa shape index (κ1) is 20.3. The van der Waals surface area contributed by atoms with Gasteiger partial charge >= 0.3 is 0 Å². The lowest BCUT2D eigenvalue weighted by molar-refractivity contribution is -0.123. The van der Waals surface area contributed by atoms with Gasteiger partial charge < -0.3 is 10.1 Å². The second-order valence-corrected chi connectivity index (χ2v) is 8.31. The van der Waals surface area contributed by atoms with Gasteiger partial charge in [0.25, 0.3) is 0 Å². The third kappa shape index (κ3) is 4.50. The third-order valence-electron chi connectivity index (χ3n) is 4.68. The molecule has 3 rings (SSSR count). The molecule has 2 aromatic rings. The van der Waals surface area contributed by atoms with Crippen molar-refractivity contribution in [3.05, 3.63) is 59.7 Å². The largest absolute Gasteiger partial charge is 0.495 e. The highest BCUT2D eigenvalue weighted by molar-refractivity contribution is 7.89. The Morgan fingerprint density at radius 2 is 1.93 bits per heavy atom. The summed E-state index contributed by atoms with van der Waals surface area (Å²) < 4.78 is 32.0. The molecule has 1 saturated heterocycles. The topological polar surface area (TPSA) is 109 Å². The zero-order valence-electron chi connectivity index (χ0n) is 15.7. The lowest BCUT2D eigenvalue weighted by Gasteiger charge is -2.14. The number of ether oxygens (including phenoxy) is 1. The van der Waals surface area contributed by atoms with E-state index in [1.807, 2.05) is 30.3 Å². The average molecular weight is 404 g/mol. The summed E-state index contributed by atoms with van der Waals surface area (Å²) in [6.07, 6.45) is 0.492. The molecule has 0 bridgehead atoms. The molecule has 0 spiro atoms. The summed E-state index contributed by atoms with van der Waals surface area (Å²) in [5.74, 6) is 0.150. The van der Waals surface area contributed by atoms with Crippen LogP contribution >= 0.6 is 0 Å². The fourth-order valence-electron chi connectivity index (χ4n) is 3.08. The summed E-state index contributed by atoms with van der Waals surface area (Å²) >= 11 is 0. The van der Waals surface area contributed by atoms with Crippen molar-refractivity contribution < 1.29 is 17.9 Å². The van der Waals surface area contributed by atoms with Gasteiger partial charge in [-0.1, -0.05) is 36.4 Å². The maximum atomic E-state index is 12.4. The molecule has 9 heteroatoms. The molecule has 2 unspecified atom stereocenters. The van der Waals surface area contributed by atoms with Crippen LogP contribution in [0.3, 0.4) is 0 Å². The molecule has 0 aromatic heterocycles. The van der Waals surface area contributed by atoms with E-state index in [4.69, 9.17) is 4.74 Å². The van der Waals surface area contributed by atoms with E-state index in [1.54, 1.807) is 18.2 Å². The highest BCUT2D eigenvalue weighted by Crippen LogP contribution is 2.30. The van der Waals surface area contributed by atoms with Crippen LogP contribution in [0.1, 0.15) is 23.6 Å². The van der Waals surface area contributed by atoms with E-state index < -0.39 is 16.1 Å². The lowest BCUT2D eigenvalue weighted by atomic mass is 10.0. The Labute approximate surface area is 164 Å². The highest BCUT2D eigenvalue weighted by Gasteiger charge is 2.31. The number of carbonyl (C=O) groups excluding carboxylic acids is 1. The first-order valence-corrected chi connectivity index (χ1v) is 10.4. The fourth-order valence-corrected chi connectivity index (χ4v) is 4.01. The number of hydrogen-bond donors (Lipinski definition) is 4. The molecular formula is C19H24N4O4S. The van der Waals surface area contributed by atoms with E-state index in [9.17, 15) is 13.2 Å². The minimum Gasteiger partial charge on any atom is -0.495 e. The van der Waals surface area contributed by atoms with Gasteiger partial charge in [0.15, 0.2) is 0 Å². The third-order valence-corrected chi connectivity index (χ3v) is 6.11. The molecule has 2 aromatic carbocycles. The van der Waals surface area contributed by atoms with Crippen LogP contribution in [0.5, 0.6) is 5.75 Å². The van der Waals surface area contributed by atoms with Crippen LogP contribution in [0.15, 0.2) is 53.4 Å². The zero-order valence-corrected chi connectivity index (χ0v) is 16.5. The van der Waals surface area contributed by atoms with Gasteiger partial charge in [-0.25, -0.2) is 24.0 Å². The molecular weight excluding hydrogens is 380 g/mol. The molecule has 1 heterocycles. The van der Waals surface area contributed by atoms with Crippen molar-refractivity contribution in [3.8, 4) is 5.75 Å². The van der Waals surface area contributed by atoms with E-state index >= 15 is 0 Å². The number of sulfonamides is 1. The number of benzene rings is 2. The van der Waals surface area contributed by atoms with Gasteiger partial charge in [0.2, 0.25) is 15.9 Å². The molecule has 1 fully saturated rings. The Hall–Kier alpha value is -2.46. The molecule has 28 heavy (non-hydrogen) atoms. The van der Waals surface area contributed by atoms with E-state index in [0.717, 1.165) is 11.1 Å². The van der Waals surface area contributed by atoms with Crippen molar-refractivity contribution >= 4 is 15.9 Å². The number of methoxy groups -OCH3 is 1. The summed E-state index contributed by atoms with van der Waals surface area (Å²) in [5.41, 5.74) is 7.83. The van der Waals surface area contributed by atoms with Crippen LogP contribution in [0.2, 0.25) is 0 Å². The van der Waals surface area contributed by atoms with Gasteiger partial charge in [0.05, 0.1) is 7.11 Å². The second kappa shape index (κ2) is 8.70. The monoisotopic (exact) mass is 404 g/mol. The summed E-state index contributed by atoms with van der Waals surface area (Å²) in [5, 5.41) is 2.91. The Balaban J connectivity index is 1.68. The van der Waals surface area contributed by atoms with Crippen molar-refractivity contribution in [1.82, 2.24) is 20.9 Å². The zero-order chi connectivity index (χ0) is 20.1. The maximum absolute atomic E-state index is 12.4. The van der Waals surface area contributed by atoms with Gasteiger partial charge in [-0.15, -0.1) is 0 Å². The summed E-state index contributed by atoms with van der Waals surface area (Å²) in [6, 6.07) is 14.0. The van der Waals surface area contributed by atoms with Gasteiger partial charge in [-0.2, -0.15) is 0 Å². The first-order valence-electron chi connectivity index (χ1n) is 8.89. The fraction of sp³-hybridized carbons (Fsp3) is 0.316. The minimum absolute atomic E-state index is 0.0637. The van der Waals surface area contributed by atoms with E-state index in [-0.39, 0.29) is 22.6 Å². The smallest absolute Gasteiger partial charge is 0.244 e. The van der Waals surface area contributed by atoms with Crippen molar-refractivity contribution in [2.45, 2.75) is 29.9 Å². The van der Waals surface area contributed by atoms with Gasteiger partial charge in [-0.05, 0) is 36.7 Å². The number of carbonyl (C=O) groups is 1. The predicted molar refractivity (Wildman–Crippen MR) is 105 cm³/mol. The first-order chi connectivity index (χ1) is 13.4. The van der Waals surface area contributed by atoms with Crippen LogP contribution in [0.25, 0.3) is 0 Å². The second-order valence-electron chi connectivity index (χ2n) is 6.45. The SMILES string of the molecule is CNS(=O)(=O)c1cc(C2CC(C(=O)NCc3ccccc3)NN2)ccc1OC. The molecule has 4 N–H and O–H groups in total. The molecule has 0 aliphatic carbocycles. The number of rotatable bonds is 7. The van der Waals surface area contributed by atoms with E-state index in [2.05, 4.69) is 20.9 Å². The highest BCUT2D eigenvalue weighted by atomic mass is 32.2. The van der Waals surface area contributed by atoms with Gasteiger partial charge in [0.1, 0.15) is 16.7 Å². The van der Waals surface area contributed by atoms with Crippen molar-refractivity contribution in [2.75, 3.05) is 14.2 Å².